The molecule has 2 heterocycles. The van der Waals surface area contributed by atoms with Crippen LogP contribution in [0.1, 0.15) is 22.0 Å². The number of hydrogen-bond acceptors (Lipinski definition) is 10. The van der Waals surface area contributed by atoms with Crippen LogP contribution in [0.15, 0.2) is 42.5 Å². The van der Waals surface area contributed by atoms with Gasteiger partial charge in [-0.1, -0.05) is 24.3 Å². The summed E-state index contributed by atoms with van der Waals surface area (Å²) >= 11 is 6.38. The minimum Gasteiger partial charge on any atom is -0.493 e. The van der Waals surface area contributed by atoms with E-state index in [1.807, 2.05) is 0 Å². The normalized spacial score (nSPS) is 17.2. The number of carbonyl (C=O) groups excluding carboxylic acids is 1. The average Bonchev–Trinajstić information content (AvgIpc) is 3.59. The number of amides is 1. The second kappa shape index (κ2) is 12.6. The van der Waals surface area contributed by atoms with Gasteiger partial charge < -0.3 is 39.2 Å². The lowest BCUT2D eigenvalue weighted by atomic mass is 9.95. The first kappa shape index (κ1) is 32.1. The Balaban J connectivity index is 1.59. The summed E-state index contributed by atoms with van der Waals surface area (Å²) in [6.07, 6.45) is 0. The second-order valence-electron chi connectivity index (χ2n) is 9.64. The maximum atomic E-state index is 14.1. The molecule has 17 heteroatoms. The molecular formula is C27H30ClN3O11P2. The molecule has 5 rings (SSSR count). The summed E-state index contributed by atoms with van der Waals surface area (Å²) in [5.74, 6) is 0.366. The zero-order valence-electron chi connectivity index (χ0n) is 23.8. The number of phosphoric acid groups is 2. The monoisotopic (exact) mass is 669 g/mol. The van der Waals surface area contributed by atoms with E-state index >= 15 is 0 Å². The number of alkyl halides is 1. The van der Waals surface area contributed by atoms with Crippen molar-refractivity contribution in [3.05, 3.63) is 53.7 Å². The predicted octanol–water partition coefficient (Wildman–Crippen LogP) is 4.90. The quantitative estimate of drug-likeness (QED) is 0.118. The third-order valence-electron chi connectivity index (χ3n) is 7.00. The van der Waals surface area contributed by atoms with E-state index in [9.17, 15) is 23.7 Å². The maximum Gasteiger partial charge on any atom is 0.536 e. The molecule has 2 unspecified atom stereocenters. The number of ether oxygens (including phenoxy) is 3. The molecule has 0 fully saturated rings. The molecule has 236 valence electrons. The third-order valence-corrected chi connectivity index (χ3v) is 9.96. The van der Waals surface area contributed by atoms with Crippen LogP contribution in [0.4, 0.5) is 5.69 Å². The van der Waals surface area contributed by atoms with Crippen molar-refractivity contribution in [1.82, 2.24) is 4.98 Å². The number of methoxy groups -OCH3 is 3. The minimum absolute atomic E-state index is 0.129. The lowest BCUT2D eigenvalue weighted by Crippen LogP contribution is -2.30. The van der Waals surface area contributed by atoms with Gasteiger partial charge in [0.15, 0.2) is 11.5 Å². The number of carbonyl (C=O) groups is 1. The van der Waals surface area contributed by atoms with Gasteiger partial charge in [-0.25, -0.2) is 9.13 Å². The number of aromatic amines is 1. The molecule has 0 radical (unpaired) electrons. The zero-order chi connectivity index (χ0) is 31.8. The summed E-state index contributed by atoms with van der Waals surface area (Å²) < 4.78 is 55.8. The lowest BCUT2D eigenvalue weighted by molar-refractivity contribution is 0.0984. The van der Waals surface area contributed by atoms with Crippen LogP contribution < -0.4 is 29.4 Å². The van der Waals surface area contributed by atoms with Crippen molar-refractivity contribution in [2.24, 2.45) is 5.73 Å². The smallest absolute Gasteiger partial charge is 0.493 e. The van der Waals surface area contributed by atoms with Crippen LogP contribution in [0.25, 0.3) is 21.7 Å². The number of fused-ring (bicyclic) bond motifs is 4. The average molecular weight is 670 g/mol. The fourth-order valence-corrected chi connectivity index (χ4v) is 7.63. The van der Waals surface area contributed by atoms with E-state index in [2.05, 4.69) is 13.8 Å². The van der Waals surface area contributed by atoms with Crippen molar-refractivity contribution < 1.29 is 51.3 Å². The fourth-order valence-electron chi connectivity index (χ4n) is 5.27. The van der Waals surface area contributed by atoms with Gasteiger partial charge in [-0.2, -0.15) is 4.31 Å². The molecule has 0 saturated carbocycles. The number of anilines is 1. The molecular weight excluding hydrogens is 640 g/mol. The van der Waals surface area contributed by atoms with Crippen molar-refractivity contribution >= 4 is 60.5 Å². The van der Waals surface area contributed by atoms with Gasteiger partial charge in [0.1, 0.15) is 11.4 Å². The summed E-state index contributed by atoms with van der Waals surface area (Å²) in [5.41, 5.74) is 7.07. The van der Waals surface area contributed by atoms with Crippen LogP contribution in [-0.4, -0.2) is 67.6 Å². The van der Waals surface area contributed by atoms with E-state index in [4.69, 9.17) is 36.1 Å². The highest BCUT2D eigenvalue weighted by Crippen LogP contribution is 2.61. The summed E-state index contributed by atoms with van der Waals surface area (Å²) in [6, 6.07) is 11.6. The van der Waals surface area contributed by atoms with Crippen LogP contribution in [0.5, 0.6) is 23.0 Å². The Morgan fingerprint density at radius 2 is 1.73 bits per heavy atom. The molecule has 0 saturated heterocycles. The van der Waals surface area contributed by atoms with Gasteiger partial charge in [0, 0.05) is 41.7 Å². The predicted molar refractivity (Wildman–Crippen MR) is 163 cm³/mol. The van der Waals surface area contributed by atoms with Crippen molar-refractivity contribution in [3.63, 3.8) is 0 Å². The summed E-state index contributed by atoms with van der Waals surface area (Å²) in [5, 5.41) is 1.61. The van der Waals surface area contributed by atoms with Gasteiger partial charge in [-0.15, -0.1) is 11.6 Å². The second-order valence-corrected chi connectivity index (χ2v) is 12.9. The topological polar surface area (TPSA) is 192 Å². The lowest BCUT2D eigenvalue weighted by Gasteiger charge is -2.20. The molecule has 1 amide bonds. The number of aromatic nitrogens is 1. The van der Waals surface area contributed by atoms with Gasteiger partial charge in [-0.3, -0.25) is 14.2 Å². The van der Waals surface area contributed by atoms with Gasteiger partial charge in [-0.05, 0) is 23.1 Å². The molecule has 0 spiro atoms. The van der Waals surface area contributed by atoms with Crippen LogP contribution in [0.3, 0.4) is 0 Å². The highest BCUT2D eigenvalue weighted by atomic mass is 35.5. The Kier molecular flexibility index (Phi) is 9.18. The van der Waals surface area contributed by atoms with E-state index in [0.29, 0.717) is 44.6 Å². The summed E-state index contributed by atoms with van der Waals surface area (Å²) in [7, 11) is -5.79. The summed E-state index contributed by atoms with van der Waals surface area (Å²) in [4.78, 5) is 38.9. The molecule has 5 N–H and O–H groups in total. The molecule has 1 aliphatic rings. The van der Waals surface area contributed by atoms with E-state index in [-0.39, 0.29) is 36.3 Å². The van der Waals surface area contributed by atoms with E-state index in [0.717, 1.165) is 5.56 Å². The third kappa shape index (κ3) is 6.00. The van der Waals surface area contributed by atoms with Crippen LogP contribution in [-0.2, 0) is 18.0 Å². The van der Waals surface area contributed by atoms with Crippen LogP contribution >= 0.6 is 27.2 Å². The number of nitrogens with one attached hydrogen (secondary N) is 1. The zero-order valence-corrected chi connectivity index (χ0v) is 26.4. The Morgan fingerprint density at radius 3 is 2.36 bits per heavy atom. The Morgan fingerprint density at radius 1 is 1.02 bits per heavy atom. The number of rotatable bonds is 12. The number of nitrogens with zero attached hydrogens (tertiary/aromatic N) is 1. The van der Waals surface area contributed by atoms with Crippen molar-refractivity contribution in [1.29, 1.82) is 0 Å². The summed E-state index contributed by atoms with van der Waals surface area (Å²) in [6.45, 7) is -0.336. The fraction of sp³-hybridized carbons (Fsp3) is 0.296. The van der Waals surface area contributed by atoms with Gasteiger partial charge in [0.05, 0.1) is 39.1 Å². The SMILES string of the molecule is COc1cc2cc(C(=O)N3C[C@@H](CCl)c4c3cc(OP(=O)(O)OP(=O)(O)OCCN)c3ccccc43)[nH]c2c(OC)c1OC. The van der Waals surface area contributed by atoms with Gasteiger partial charge in [0.2, 0.25) is 5.75 Å². The molecule has 4 aromatic rings. The van der Waals surface area contributed by atoms with Gasteiger partial charge >= 0.3 is 15.6 Å². The van der Waals surface area contributed by atoms with Crippen LogP contribution in [0, 0.1) is 0 Å². The Hall–Kier alpha value is -3.32. The standard InChI is InChI=1S/C27H30ClN3O11P2/c1-37-22-11-15-10-19(30-24(15)26(39-3)25(22)38-2)27(32)31-14-16(13-28)23-18-7-5-4-6-17(18)21(12-20(23)31)41-44(35,36)42-43(33,34)40-9-8-29/h4-7,10-12,16,30H,8-9,13-14,29H2,1-3H3,(H,33,34)(H,35,36)/t16-/m1/s1. The minimum atomic E-state index is -5.23. The number of phosphoric ester groups is 2. The first-order valence-corrected chi connectivity index (χ1v) is 16.7. The molecule has 44 heavy (non-hydrogen) atoms. The molecule has 3 atom stereocenters. The molecule has 1 aromatic heterocycles. The van der Waals surface area contributed by atoms with Crippen molar-refractivity contribution in [3.8, 4) is 23.0 Å². The molecule has 0 aliphatic carbocycles. The first-order valence-electron chi connectivity index (χ1n) is 13.1. The van der Waals surface area contributed by atoms with Gasteiger partial charge in [0.25, 0.3) is 5.91 Å². The number of nitrogens with two attached hydrogens (primary N) is 1. The highest BCUT2D eigenvalue weighted by molar-refractivity contribution is 7.61. The Labute approximate surface area is 256 Å². The van der Waals surface area contributed by atoms with E-state index in [1.165, 1.54) is 32.3 Å². The van der Waals surface area contributed by atoms with Crippen molar-refractivity contribution in [2.75, 3.05) is 51.8 Å². The molecule has 1 aliphatic heterocycles. The number of hydrogen-bond donors (Lipinski definition) is 4. The molecule has 14 nitrogen and oxygen atoms in total. The molecule has 3 aromatic carbocycles. The van der Waals surface area contributed by atoms with Crippen LogP contribution in [0.2, 0.25) is 0 Å². The van der Waals surface area contributed by atoms with Crippen molar-refractivity contribution in [2.45, 2.75) is 5.92 Å². The highest BCUT2D eigenvalue weighted by Gasteiger charge is 2.39. The van der Waals surface area contributed by atoms with E-state index in [1.54, 1.807) is 36.4 Å². The Bertz CT molecular complexity index is 1830. The molecule has 0 bridgehead atoms. The number of H-pyrrole nitrogens is 1. The maximum absolute atomic E-state index is 14.1. The number of halogens is 1. The first-order chi connectivity index (χ1) is 21.0. The van der Waals surface area contributed by atoms with E-state index < -0.39 is 28.2 Å². The number of benzene rings is 3. The largest absolute Gasteiger partial charge is 0.536 e.